The second kappa shape index (κ2) is 6.47. The maximum absolute atomic E-state index is 12.7. The number of carbonyl (C=O) groups is 1. The van der Waals surface area contributed by atoms with E-state index in [2.05, 4.69) is 50.1 Å². The second-order valence-electron chi connectivity index (χ2n) is 7.68. The van der Waals surface area contributed by atoms with Gasteiger partial charge >= 0.3 is 0 Å². The molecule has 6 nitrogen and oxygen atoms in total. The van der Waals surface area contributed by atoms with Gasteiger partial charge in [0.2, 0.25) is 11.9 Å². The number of likely N-dealkylation sites (tertiary alicyclic amines) is 1. The molecule has 6 heteroatoms. The smallest absolute Gasteiger partial charge is 0.246 e. The lowest BCUT2D eigenvalue weighted by atomic mass is 9.74. The van der Waals surface area contributed by atoms with E-state index in [1.807, 2.05) is 30.3 Å². The monoisotopic (exact) mass is 371 g/mol. The van der Waals surface area contributed by atoms with Crippen molar-refractivity contribution in [2.24, 2.45) is 5.92 Å². The van der Waals surface area contributed by atoms with Gasteiger partial charge in [-0.05, 0) is 30.5 Å². The number of nitrogens with zero attached hydrogens (tertiary/aromatic N) is 4. The number of nitrogens with one attached hydrogen (secondary N) is 1. The number of hydrogen-bond donors (Lipinski definition) is 1. The number of imidazole rings is 1. The largest absolute Gasteiger partial charge is 0.302 e. The van der Waals surface area contributed by atoms with Gasteiger partial charge in [-0.1, -0.05) is 42.5 Å². The van der Waals surface area contributed by atoms with E-state index in [4.69, 9.17) is 0 Å². The van der Waals surface area contributed by atoms with Crippen molar-refractivity contribution < 1.29 is 4.79 Å². The first-order valence-electron chi connectivity index (χ1n) is 9.66. The molecular weight excluding hydrogens is 350 g/mol. The van der Waals surface area contributed by atoms with Gasteiger partial charge in [0.05, 0.1) is 22.6 Å². The van der Waals surface area contributed by atoms with Crippen LogP contribution in [0.5, 0.6) is 0 Å². The second-order valence-corrected chi connectivity index (χ2v) is 7.68. The molecule has 3 aromatic rings. The van der Waals surface area contributed by atoms with Crippen LogP contribution in [0, 0.1) is 17.2 Å². The van der Waals surface area contributed by atoms with Crippen molar-refractivity contribution in [1.29, 1.82) is 5.26 Å². The quantitative estimate of drug-likeness (QED) is 0.751. The van der Waals surface area contributed by atoms with Crippen LogP contribution in [0.1, 0.15) is 18.4 Å². The van der Waals surface area contributed by atoms with Gasteiger partial charge in [0, 0.05) is 19.6 Å². The van der Waals surface area contributed by atoms with E-state index in [1.165, 1.54) is 5.56 Å². The number of anilines is 1. The lowest BCUT2D eigenvalue weighted by molar-refractivity contribution is -0.123. The van der Waals surface area contributed by atoms with Crippen LogP contribution >= 0.6 is 0 Å². The molecule has 1 saturated heterocycles. The molecule has 1 aromatic heterocycles. The molecule has 1 N–H and O–H groups in total. The van der Waals surface area contributed by atoms with Crippen molar-refractivity contribution in [2.45, 2.75) is 24.9 Å². The number of para-hydroxylation sites is 2. The Morgan fingerprint density at radius 3 is 2.57 bits per heavy atom. The number of nitriles is 1. The van der Waals surface area contributed by atoms with Gasteiger partial charge in [-0.2, -0.15) is 5.26 Å². The van der Waals surface area contributed by atoms with E-state index < -0.39 is 11.5 Å². The summed E-state index contributed by atoms with van der Waals surface area (Å²) in [4.78, 5) is 19.7. The number of piperidine rings is 1. The highest BCUT2D eigenvalue weighted by atomic mass is 16.2. The molecule has 28 heavy (non-hydrogen) atoms. The van der Waals surface area contributed by atoms with Crippen molar-refractivity contribution in [3.63, 3.8) is 0 Å². The van der Waals surface area contributed by atoms with Crippen LogP contribution in [-0.4, -0.2) is 33.4 Å². The van der Waals surface area contributed by atoms with Gasteiger partial charge in [-0.25, -0.2) is 4.98 Å². The summed E-state index contributed by atoms with van der Waals surface area (Å²) >= 11 is 0. The fourth-order valence-electron chi connectivity index (χ4n) is 4.75. The molecular formula is C22H21N5O. The average molecular weight is 371 g/mol. The summed E-state index contributed by atoms with van der Waals surface area (Å²) in [5.74, 6) is -0.382. The molecule has 0 unspecified atom stereocenters. The van der Waals surface area contributed by atoms with E-state index in [9.17, 15) is 10.1 Å². The fourth-order valence-corrected chi connectivity index (χ4v) is 4.75. The Kier molecular flexibility index (Phi) is 3.92. The van der Waals surface area contributed by atoms with E-state index in [-0.39, 0.29) is 5.91 Å². The molecule has 1 atom stereocenters. The summed E-state index contributed by atoms with van der Waals surface area (Å²) in [6.45, 7) is 2.57. The third-order valence-corrected chi connectivity index (χ3v) is 6.14. The van der Waals surface area contributed by atoms with Crippen LogP contribution in [0.15, 0.2) is 54.6 Å². The Morgan fingerprint density at radius 2 is 1.82 bits per heavy atom. The number of rotatable bonds is 2. The first-order chi connectivity index (χ1) is 13.7. The topological polar surface area (TPSA) is 74.0 Å². The van der Waals surface area contributed by atoms with Gasteiger partial charge in [0.25, 0.3) is 0 Å². The zero-order valence-electron chi connectivity index (χ0n) is 15.5. The number of amides is 1. The Hall–Kier alpha value is -3.17. The van der Waals surface area contributed by atoms with Crippen molar-refractivity contribution in [1.82, 2.24) is 14.5 Å². The Morgan fingerprint density at radius 1 is 1.11 bits per heavy atom. The van der Waals surface area contributed by atoms with E-state index in [0.29, 0.717) is 5.95 Å². The van der Waals surface area contributed by atoms with Crippen LogP contribution in [-0.2, 0) is 16.9 Å². The van der Waals surface area contributed by atoms with Crippen molar-refractivity contribution in [3.05, 3.63) is 60.2 Å². The summed E-state index contributed by atoms with van der Waals surface area (Å²) in [6, 6.07) is 20.6. The maximum atomic E-state index is 12.7. The van der Waals surface area contributed by atoms with Gasteiger partial charge in [-0.15, -0.1) is 0 Å². The number of benzene rings is 2. The van der Waals surface area contributed by atoms with Gasteiger partial charge in [0.1, 0.15) is 5.92 Å². The highest BCUT2D eigenvalue weighted by Crippen LogP contribution is 2.45. The average Bonchev–Trinajstić information content (AvgIpc) is 3.09. The molecule has 3 heterocycles. The van der Waals surface area contributed by atoms with E-state index in [0.717, 1.165) is 43.5 Å². The van der Waals surface area contributed by atoms with Crippen molar-refractivity contribution >= 4 is 22.9 Å². The summed E-state index contributed by atoms with van der Waals surface area (Å²) in [5, 5.41) is 12.7. The fraction of sp³-hybridized carbons (Fsp3) is 0.318. The zero-order valence-corrected chi connectivity index (χ0v) is 15.5. The maximum Gasteiger partial charge on any atom is 0.246 e. The summed E-state index contributed by atoms with van der Waals surface area (Å²) in [6.07, 6.45) is 1.50. The van der Waals surface area contributed by atoms with Crippen LogP contribution in [0.4, 0.5) is 5.95 Å². The third kappa shape index (κ3) is 2.51. The first-order valence-corrected chi connectivity index (χ1v) is 9.66. The Labute approximate surface area is 163 Å². The minimum atomic E-state index is -0.712. The molecule has 5 rings (SSSR count). The predicted molar refractivity (Wildman–Crippen MR) is 106 cm³/mol. The van der Waals surface area contributed by atoms with Crippen molar-refractivity contribution in [3.8, 4) is 6.07 Å². The lowest BCUT2D eigenvalue weighted by Gasteiger charge is -2.47. The molecule has 0 aliphatic carbocycles. The Bertz CT molecular complexity index is 1070. The van der Waals surface area contributed by atoms with Crippen LogP contribution < -0.4 is 5.32 Å². The molecule has 2 aromatic carbocycles. The number of carbonyl (C=O) groups excluding carboxylic acids is 1. The standard InChI is InChI=1S/C22H21N5O/c23-14-17-20(28)25-21-24-18-8-4-5-9-19(18)27(21)22(17)10-12-26(13-11-22)15-16-6-2-1-3-7-16/h1-9,17H,10-13,15H2,(H,24,25,28)/t17-/m0/s1. The Balaban J connectivity index is 1.52. The van der Waals surface area contributed by atoms with Gasteiger partial charge < -0.3 is 4.57 Å². The predicted octanol–water partition coefficient (Wildman–Crippen LogP) is 3.12. The van der Waals surface area contributed by atoms with Crippen LogP contribution in [0.25, 0.3) is 11.0 Å². The molecule has 0 bridgehead atoms. The minimum absolute atomic E-state index is 0.234. The molecule has 0 radical (unpaired) electrons. The molecule has 1 fully saturated rings. The summed E-state index contributed by atoms with van der Waals surface area (Å²) < 4.78 is 2.12. The molecule has 1 spiro atoms. The van der Waals surface area contributed by atoms with Crippen LogP contribution in [0.3, 0.4) is 0 Å². The lowest BCUT2D eigenvalue weighted by Crippen LogP contribution is -2.56. The molecule has 1 amide bonds. The number of hydrogen-bond acceptors (Lipinski definition) is 4. The SMILES string of the molecule is N#C[C@H]1C(=O)Nc2nc3ccccc3n2C12CCN(Cc1ccccc1)CC2. The highest BCUT2D eigenvalue weighted by Gasteiger charge is 2.51. The molecule has 140 valence electrons. The van der Waals surface area contributed by atoms with E-state index >= 15 is 0 Å². The first kappa shape index (κ1) is 17.0. The van der Waals surface area contributed by atoms with Crippen molar-refractivity contribution in [2.75, 3.05) is 18.4 Å². The number of fused-ring (bicyclic) bond motifs is 4. The van der Waals surface area contributed by atoms with E-state index in [1.54, 1.807) is 0 Å². The molecule has 2 aliphatic heterocycles. The van der Waals surface area contributed by atoms with Crippen LogP contribution in [0.2, 0.25) is 0 Å². The highest BCUT2D eigenvalue weighted by molar-refractivity contribution is 5.97. The third-order valence-electron chi connectivity index (χ3n) is 6.14. The summed E-state index contributed by atoms with van der Waals surface area (Å²) in [7, 11) is 0. The van der Waals surface area contributed by atoms with Gasteiger partial charge in [0.15, 0.2) is 0 Å². The number of aromatic nitrogens is 2. The normalized spacial score (nSPS) is 21.2. The minimum Gasteiger partial charge on any atom is -0.302 e. The van der Waals surface area contributed by atoms with Gasteiger partial charge in [-0.3, -0.25) is 15.0 Å². The summed E-state index contributed by atoms with van der Waals surface area (Å²) in [5.41, 5.74) is 2.57. The molecule has 2 aliphatic rings. The zero-order chi connectivity index (χ0) is 19.1. The molecule has 0 saturated carbocycles.